The van der Waals surface area contributed by atoms with Crippen LogP contribution in [0.25, 0.3) is 5.65 Å². The quantitative estimate of drug-likeness (QED) is 0.939. The number of nitrogens with zero attached hydrogens (tertiary/aromatic N) is 3. The second-order valence-electron chi connectivity index (χ2n) is 5.86. The third-order valence-electron chi connectivity index (χ3n) is 4.09. The van der Waals surface area contributed by atoms with Crippen LogP contribution >= 0.6 is 0 Å². The van der Waals surface area contributed by atoms with Gasteiger partial charge in [-0.2, -0.15) is 5.26 Å². The molecule has 2 aromatic rings. The topological polar surface area (TPSA) is 70.2 Å². The average molecular weight is 282 g/mol. The Balaban J connectivity index is 2.07. The van der Waals surface area contributed by atoms with Gasteiger partial charge < -0.3 is 9.72 Å². The first-order chi connectivity index (χ1) is 10.0. The van der Waals surface area contributed by atoms with Crippen LogP contribution in [0.2, 0.25) is 0 Å². The molecule has 0 saturated heterocycles. The van der Waals surface area contributed by atoms with E-state index < -0.39 is 0 Å². The zero-order valence-electron chi connectivity index (χ0n) is 12.5. The van der Waals surface area contributed by atoms with Crippen LogP contribution in [0, 0.1) is 31.1 Å². The maximum atomic E-state index is 12.5. The number of hydrogen-bond donors (Lipinski definition) is 1. The zero-order valence-corrected chi connectivity index (χ0v) is 12.5. The normalized spacial score (nSPS) is 15.7. The van der Waals surface area contributed by atoms with Crippen molar-refractivity contribution in [3.63, 3.8) is 0 Å². The highest BCUT2D eigenvalue weighted by atomic mass is 16.1. The lowest BCUT2D eigenvalue weighted by molar-refractivity contribution is 0.0937. The summed E-state index contributed by atoms with van der Waals surface area (Å²) in [6.45, 7) is 5.85. The molecule has 0 radical (unpaired) electrons. The van der Waals surface area contributed by atoms with Crippen LogP contribution in [0.1, 0.15) is 47.1 Å². The van der Waals surface area contributed by atoms with Crippen molar-refractivity contribution in [1.29, 1.82) is 5.26 Å². The van der Waals surface area contributed by atoms with Crippen LogP contribution < -0.4 is 5.32 Å². The summed E-state index contributed by atoms with van der Waals surface area (Å²) in [5, 5.41) is 12.3. The molecule has 0 aliphatic heterocycles. The number of nitriles is 1. The molecule has 21 heavy (non-hydrogen) atoms. The van der Waals surface area contributed by atoms with E-state index in [9.17, 15) is 10.1 Å². The summed E-state index contributed by atoms with van der Waals surface area (Å²) in [5.74, 6) is 0.371. The van der Waals surface area contributed by atoms with Crippen molar-refractivity contribution < 1.29 is 4.79 Å². The molecular formula is C16H18N4O. The van der Waals surface area contributed by atoms with Gasteiger partial charge in [-0.15, -0.1) is 0 Å². The first-order valence-corrected chi connectivity index (χ1v) is 7.21. The lowest BCUT2D eigenvalue weighted by Gasteiger charge is -2.12. The number of aromatic nitrogens is 2. The average Bonchev–Trinajstić information content (AvgIpc) is 3.19. The fourth-order valence-corrected chi connectivity index (χ4v) is 2.75. The van der Waals surface area contributed by atoms with Gasteiger partial charge in [0.05, 0.1) is 5.56 Å². The largest absolute Gasteiger partial charge is 0.349 e. The van der Waals surface area contributed by atoms with Gasteiger partial charge in [0.15, 0.2) is 5.65 Å². The molecule has 2 heterocycles. The molecule has 1 fully saturated rings. The Kier molecular flexibility index (Phi) is 3.17. The number of carbonyl (C=O) groups excluding carboxylic acids is 1. The molecule has 3 rings (SSSR count). The number of rotatable bonds is 3. The molecule has 0 spiro atoms. The molecule has 1 saturated carbocycles. The maximum Gasteiger partial charge on any atom is 0.256 e. The SMILES string of the molecule is Cc1cc(C)n2cc(C#N)c(C(=O)NC(C)C3CC3)c2n1. The van der Waals surface area contributed by atoms with Gasteiger partial charge in [-0.3, -0.25) is 4.79 Å². The molecule has 2 aromatic heterocycles. The van der Waals surface area contributed by atoms with Crippen LogP contribution in [0.3, 0.4) is 0 Å². The van der Waals surface area contributed by atoms with Crippen LogP contribution in [0.4, 0.5) is 0 Å². The highest BCUT2D eigenvalue weighted by Crippen LogP contribution is 2.32. The minimum absolute atomic E-state index is 0.143. The smallest absolute Gasteiger partial charge is 0.256 e. The van der Waals surface area contributed by atoms with Gasteiger partial charge in [0.25, 0.3) is 5.91 Å². The van der Waals surface area contributed by atoms with Crippen molar-refractivity contribution in [2.24, 2.45) is 5.92 Å². The highest BCUT2D eigenvalue weighted by molar-refractivity contribution is 6.02. The minimum Gasteiger partial charge on any atom is -0.349 e. The summed E-state index contributed by atoms with van der Waals surface area (Å²) in [4.78, 5) is 17.0. The van der Waals surface area contributed by atoms with E-state index >= 15 is 0 Å². The second kappa shape index (κ2) is 4.88. The molecule has 0 bridgehead atoms. The van der Waals surface area contributed by atoms with Crippen molar-refractivity contribution >= 4 is 11.6 Å². The number of aryl methyl sites for hydroxylation is 2. The van der Waals surface area contributed by atoms with E-state index in [0.29, 0.717) is 22.7 Å². The number of hydrogen-bond acceptors (Lipinski definition) is 3. The first-order valence-electron chi connectivity index (χ1n) is 7.21. The molecule has 1 aliphatic rings. The summed E-state index contributed by atoms with van der Waals surface area (Å²) < 4.78 is 1.81. The van der Waals surface area contributed by atoms with Gasteiger partial charge in [-0.05, 0) is 45.6 Å². The van der Waals surface area contributed by atoms with E-state index in [1.165, 1.54) is 12.8 Å². The van der Waals surface area contributed by atoms with Gasteiger partial charge in [0.2, 0.25) is 0 Å². The van der Waals surface area contributed by atoms with Crippen molar-refractivity contribution in [3.8, 4) is 6.07 Å². The monoisotopic (exact) mass is 282 g/mol. The number of fused-ring (bicyclic) bond motifs is 1. The Labute approximate surface area is 123 Å². The number of carbonyl (C=O) groups is 1. The standard InChI is InChI=1S/C16H18N4O/c1-9-6-10(2)20-8-13(7-17)14(15(20)18-9)16(21)19-11(3)12-4-5-12/h6,8,11-12H,4-5H2,1-3H3,(H,19,21). The van der Waals surface area contributed by atoms with Crippen molar-refractivity contribution in [1.82, 2.24) is 14.7 Å². The summed E-state index contributed by atoms with van der Waals surface area (Å²) in [6, 6.07) is 4.19. The molecule has 1 N–H and O–H groups in total. The van der Waals surface area contributed by atoms with Crippen molar-refractivity contribution in [2.45, 2.75) is 39.7 Å². The Hall–Kier alpha value is -2.35. The van der Waals surface area contributed by atoms with Gasteiger partial charge in [0.1, 0.15) is 11.6 Å². The van der Waals surface area contributed by atoms with Gasteiger partial charge >= 0.3 is 0 Å². The van der Waals surface area contributed by atoms with Crippen LogP contribution in [0.15, 0.2) is 12.3 Å². The molecular weight excluding hydrogens is 264 g/mol. The van der Waals surface area contributed by atoms with Gasteiger partial charge in [-0.25, -0.2) is 4.98 Å². The van der Waals surface area contributed by atoms with Crippen molar-refractivity contribution in [3.05, 3.63) is 34.8 Å². The molecule has 1 unspecified atom stereocenters. The molecule has 1 aliphatic carbocycles. The molecule has 0 aromatic carbocycles. The number of amides is 1. The lowest BCUT2D eigenvalue weighted by Crippen LogP contribution is -2.34. The maximum absolute atomic E-state index is 12.5. The number of nitrogens with one attached hydrogen (secondary N) is 1. The lowest BCUT2D eigenvalue weighted by atomic mass is 10.1. The third-order valence-corrected chi connectivity index (χ3v) is 4.09. The Morgan fingerprint density at radius 3 is 2.86 bits per heavy atom. The Bertz CT molecular complexity index is 765. The van der Waals surface area contributed by atoms with Gasteiger partial charge in [0, 0.05) is 23.6 Å². The Morgan fingerprint density at radius 1 is 1.52 bits per heavy atom. The predicted molar refractivity (Wildman–Crippen MR) is 79.0 cm³/mol. The molecule has 1 amide bonds. The Morgan fingerprint density at radius 2 is 2.24 bits per heavy atom. The molecule has 5 nitrogen and oxygen atoms in total. The fraction of sp³-hybridized carbons (Fsp3) is 0.438. The minimum atomic E-state index is -0.203. The van der Waals surface area contributed by atoms with Crippen LogP contribution in [0.5, 0.6) is 0 Å². The molecule has 108 valence electrons. The summed E-state index contributed by atoms with van der Waals surface area (Å²) in [6.07, 6.45) is 4.02. The molecule has 5 heteroatoms. The fourth-order valence-electron chi connectivity index (χ4n) is 2.75. The third kappa shape index (κ3) is 2.38. The van der Waals surface area contributed by atoms with Crippen LogP contribution in [-0.4, -0.2) is 21.3 Å². The van der Waals surface area contributed by atoms with E-state index in [1.54, 1.807) is 6.20 Å². The van der Waals surface area contributed by atoms with E-state index in [2.05, 4.69) is 16.4 Å². The van der Waals surface area contributed by atoms with Gasteiger partial charge in [-0.1, -0.05) is 0 Å². The highest BCUT2D eigenvalue weighted by Gasteiger charge is 2.30. The van der Waals surface area contributed by atoms with E-state index in [1.807, 2.05) is 31.2 Å². The second-order valence-corrected chi connectivity index (χ2v) is 5.86. The van der Waals surface area contributed by atoms with E-state index in [4.69, 9.17) is 0 Å². The van der Waals surface area contributed by atoms with Crippen LogP contribution in [-0.2, 0) is 0 Å². The zero-order chi connectivity index (χ0) is 15.1. The van der Waals surface area contributed by atoms with Crippen molar-refractivity contribution in [2.75, 3.05) is 0 Å². The molecule has 1 atom stereocenters. The van der Waals surface area contributed by atoms with E-state index in [0.717, 1.165) is 11.4 Å². The summed E-state index contributed by atoms with van der Waals surface area (Å²) in [7, 11) is 0. The first kappa shape index (κ1) is 13.6. The predicted octanol–water partition coefficient (Wildman–Crippen LogP) is 2.35. The van der Waals surface area contributed by atoms with E-state index in [-0.39, 0.29) is 11.9 Å². The summed E-state index contributed by atoms with van der Waals surface area (Å²) >= 11 is 0. The summed E-state index contributed by atoms with van der Waals surface area (Å²) in [5.41, 5.74) is 3.12.